The lowest BCUT2D eigenvalue weighted by atomic mass is 10.1. The molecular formula is C21H25N5O2. The Morgan fingerprint density at radius 3 is 2.43 bits per heavy atom. The van der Waals surface area contributed by atoms with Crippen LogP contribution in [0, 0.1) is 13.8 Å². The molecule has 0 atom stereocenters. The maximum absolute atomic E-state index is 12.6. The normalized spacial score (nSPS) is 10.6. The summed E-state index contributed by atoms with van der Waals surface area (Å²) in [6.07, 6.45) is 1.53. The van der Waals surface area contributed by atoms with Crippen LogP contribution < -0.4 is 15.5 Å². The Balaban J connectivity index is 1.67. The average molecular weight is 379 g/mol. The summed E-state index contributed by atoms with van der Waals surface area (Å²) in [5.41, 5.74) is 3.45. The highest BCUT2D eigenvalue weighted by atomic mass is 16.5. The summed E-state index contributed by atoms with van der Waals surface area (Å²) in [6, 6.07) is 11.3. The van der Waals surface area contributed by atoms with Crippen LogP contribution in [-0.2, 0) is 0 Å². The lowest BCUT2D eigenvalue weighted by molar-refractivity contribution is 0.102. The second-order valence-electron chi connectivity index (χ2n) is 6.51. The van der Waals surface area contributed by atoms with E-state index in [1.165, 1.54) is 6.20 Å². The molecule has 146 valence electrons. The van der Waals surface area contributed by atoms with Gasteiger partial charge < -0.3 is 20.1 Å². The van der Waals surface area contributed by atoms with Crippen molar-refractivity contribution in [3.8, 4) is 0 Å². The van der Waals surface area contributed by atoms with Gasteiger partial charge in [-0.3, -0.25) is 4.79 Å². The largest absolute Gasteiger partial charge is 0.372 e. The minimum atomic E-state index is -0.199. The number of pyridine rings is 1. The monoisotopic (exact) mass is 379 g/mol. The summed E-state index contributed by atoms with van der Waals surface area (Å²) >= 11 is 0. The van der Waals surface area contributed by atoms with Crippen LogP contribution in [0.5, 0.6) is 0 Å². The highest BCUT2D eigenvalue weighted by Crippen LogP contribution is 2.23. The van der Waals surface area contributed by atoms with E-state index in [9.17, 15) is 4.79 Å². The molecule has 7 nitrogen and oxygen atoms in total. The van der Waals surface area contributed by atoms with E-state index in [1.54, 1.807) is 18.2 Å². The molecule has 1 amide bonds. The molecule has 0 aliphatic heterocycles. The van der Waals surface area contributed by atoms with Crippen LogP contribution >= 0.6 is 0 Å². The summed E-state index contributed by atoms with van der Waals surface area (Å²) in [7, 11) is 0. The Labute approximate surface area is 164 Å². The summed E-state index contributed by atoms with van der Waals surface area (Å²) in [6.45, 7) is 9.96. The van der Waals surface area contributed by atoms with Gasteiger partial charge in [0.15, 0.2) is 5.82 Å². The number of carbonyl (C=O) groups is 1. The Kier molecular flexibility index (Phi) is 5.93. The van der Waals surface area contributed by atoms with Gasteiger partial charge in [-0.2, -0.15) is 0 Å². The van der Waals surface area contributed by atoms with Crippen molar-refractivity contribution in [3.63, 3.8) is 0 Å². The molecule has 0 unspecified atom stereocenters. The van der Waals surface area contributed by atoms with E-state index in [4.69, 9.17) is 4.52 Å². The molecule has 2 heterocycles. The van der Waals surface area contributed by atoms with Crippen molar-refractivity contribution in [2.45, 2.75) is 27.7 Å². The minimum Gasteiger partial charge on any atom is -0.372 e. The third kappa shape index (κ3) is 4.49. The van der Waals surface area contributed by atoms with E-state index >= 15 is 0 Å². The van der Waals surface area contributed by atoms with Crippen molar-refractivity contribution < 1.29 is 9.32 Å². The zero-order valence-corrected chi connectivity index (χ0v) is 16.6. The predicted molar refractivity (Wildman–Crippen MR) is 111 cm³/mol. The van der Waals surface area contributed by atoms with Gasteiger partial charge in [-0.15, -0.1) is 0 Å². The molecule has 0 saturated heterocycles. The first kappa shape index (κ1) is 19.4. The van der Waals surface area contributed by atoms with Gasteiger partial charge in [-0.25, -0.2) is 4.98 Å². The average Bonchev–Trinajstić information content (AvgIpc) is 3.10. The van der Waals surface area contributed by atoms with Gasteiger partial charge >= 0.3 is 0 Å². The maximum Gasteiger partial charge on any atom is 0.257 e. The number of aryl methyl sites for hydroxylation is 2. The molecule has 1 aromatic carbocycles. The fourth-order valence-corrected chi connectivity index (χ4v) is 2.93. The zero-order chi connectivity index (χ0) is 20.1. The lowest BCUT2D eigenvalue weighted by Gasteiger charge is -2.22. The van der Waals surface area contributed by atoms with Crippen molar-refractivity contribution in [2.24, 2.45) is 0 Å². The van der Waals surface area contributed by atoms with Gasteiger partial charge in [0.05, 0.1) is 5.56 Å². The molecule has 3 aromatic rings. The number of nitrogens with one attached hydrogen (secondary N) is 2. The highest BCUT2D eigenvalue weighted by Gasteiger charge is 2.11. The third-order valence-corrected chi connectivity index (χ3v) is 4.50. The molecule has 0 aliphatic rings. The quantitative estimate of drug-likeness (QED) is 0.628. The molecule has 3 rings (SSSR count). The molecule has 0 radical (unpaired) electrons. The van der Waals surface area contributed by atoms with Crippen LogP contribution in [0.2, 0.25) is 0 Å². The van der Waals surface area contributed by atoms with Crippen molar-refractivity contribution in [2.75, 3.05) is 28.6 Å². The Hall–Kier alpha value is -3.35. The second kappa shape index (κ2) is 8.56. The molecule has 0 fully saturated rings. The molecular weight excluding hydrogens is 354 g/mol. The van der Waals surface area contributed by atoms with Crippen molar-refractivity contribution in [3.05, 3.63) is 59.5 Å². The van der Waals surface area contributed by atoms with E-state index in [1.807, 2.05) is 26.0 Å². The van der Waals surface area contributed by atoms with E-state index < -0.39 is 0 Å². The fraction of sp³-hybridized carbons (Fsp3) is 0.286. The molecule has 0 saturated carbocycles. The van der Waals surface area contributed by atoms with Crippen molar-refractivity contribution in [1.29, 1.82) is 0 Å². The summed E-state index contributed by atoms with van der Waals surface area (Å²) in [5, 5.41) is 9.84. The number of aromatic nitrogens is 2. The van der Waals surface area contributed by atoms with E-state index in [-0.39, 0.29) is 5.91 Å². The van der Waals surface area contributed by atoms with Gasteiger partial charge in [-0.05, 0) is 63.6 Å². The Morgan fingerprint density at radius 2 is 1.86 bits per heavy atom. The smallest absolute Gasteiger partial charge is 0.257 e. The molecule has 2 N–H and O–H groups in total. The van der Waals surface area contributed by atoms with Gasteiger partial charge in [0.25, 0.3) is 5.91 Å². The second-order valence-corrected chi connectivity index (χ2v) is 6.51. The molecule has 28 heavy (non-hydrogen) atoms. The first-order valence-corrected chi connectivity index (χ1v) is 9.33. The molecule has 0 spiro atoms. The highest BCUT2D eigenvalue weighted by molar-refractivity contribution is 6.04. The van der Waals surface area contributed by atoms with Crippen LogP contribution in [0.15, 0.2) is 47.1 Å². The van der Waals surface area contributed by atoms with Gasteiger partial charge in [-0.1, -0.05) is 5.16 Å². The SMILES string of the molecule is CCN(CC)c1ccc(NC(=O)c2ccc(Nc3cc(C)on3)nc2)c(C)c1. The number of hydrogen-bond donors (Lipinski definition) is 2. The number of anilines is 4. The Morgan fingerprint density at radius 1 is 1.07 bits per heavy atom. The fourth-order valence-electron chi connectivity index (χ4n) is 2.93. The molecule has 7 heteroatoms. The minimum absolute atomic E-state index is 0.199. The van der Waals surface area contributed by atoms with Crippen LogP contribution in [0.1, 0.15) is 35.5 Å². The lowest BCUT2D eigenvalue weighted by Crippen LogP contribution is -2.22. The van der Waals surface area contributed by atoms with Crippen LogP contribution in [0.3, 0.4) is 0 Å². The van der Waals surface area contributed by atoms with E-state index in [0.29, 0.717) is 23.0 Å². The first-order chi connectivity index (χ1) is 13.5. The molecule has 0 bridgehead atoms. The number of amides is 1. The van der Waals surface area contributed by atoms with Crippen LogP contribution in [0.25, 0.3) is 0 Å². The standard InChI is InChI=1S/C21H25N5O2/c1-5-26(6-2)17-8-9-18(14(3)11-17)23-21(27)16-7-10-19(22-13-16)24-20-12-15(4)28-25-20/h7-13H,5-6H2,1-4H3,(H,23,27)(H,22,24,25). The van der Waals surface area contributed by atoms with Gasteiger partial charge in [0, 0.05) is 36.7 Å². The van der Waals surface area contributed by atoms with Crippen molar-refractivity contribution >= 4 is 28.9 Å². The van der Waals surface area contributed by atoms with Crippen LogP contribution in [0.4, 0.5) is 23.0 Å². The zero-order valence-electron chi connectivity index (χ0n) is 16.6. The van der Waals surface area contributed by atoms with Crippen molar-refractivity contribution in [1.82, 2.24) is 10.1 Å². The third-order valence-electron chi connectivity index (χ3n) is 4.50. The topological polar surface area (TPSA) is 83.3 Å². The van der Waals surface area contributed by atoms with E-state index in [2.05, 4.69) is 45.6 Å². The number of rotatable bonds is 7. The number of benzene rings is 1. The molecule has 2 aromatic heterocycles. The van der Waals surface area contributed by atoms with Gasteiger partial charge in [0.1, 0.15) is 11.6 Å². The van der Waals surface area contributed by atoms with E-state index in [0.717, 1.165) is 30.0 Å². The summed E-state index contributed by atoms with van der Waals surface area (Å²) in [5.74, 6) is 1.67. The molecule has 0 aliphatic carbocycles. The number of carbonyl (C=O) groups excluding carboxylic acids is 1. The van der Waals surface area contributed by atoms with Crippen LogP contribution in [-0.4, -0.2) is 29.1 Å². The number of nitrogens with zero attached hydrogens (tertiary/aromatic N) is 3. The number of hydrogen-bond acceptors (Lipinski definition) is 6. The maximum atomic E-state index is 12.6. The predicted octanol–water partition coefficient (Wildman–Crippen LogP) is 4.53. The van der Waals surface area contributed by atoms with Gasteiger partial charge in [0.2, 0.25) is 0 Å². The Bertz CT molecular complexity index is 946. The first-order valence-electron chi connectivity index (χ1n) is 9.33. The summed E-state index contributed by atoms with van der Waals surface area (Å²) < 4.78 is 5.01. The summed E-state index contributed by atoms with van der Waals surface area (Å²) in [4.78, 5) is 19.1.